The van der Waals surface area contributed by atoms with Gasteiger partial charge in [-0.25, -0.2) is 0 Å². The second-order valence-corrected chi connectivity index (χ2v) is 7.28. The van der Waals surface area contributed by atoms with Crippen molar-refractivity contribution in [3.05, 3.63) is 0 Å². The highest BCUT2D eigenvalue weighted by Crippen LogP contribution is 2.22. The molecule has 0 radical (unpaired) electrons. The fourth-order valence-corrected chi connectivity index (χ4v) is 2.72. The summed E-state index contributed by atoms with van der Waals surface area (Å²) in [6.07, 6.45) is 6.54. The third kappa shape index (κ3) is 16.9. The summed E-state index contributed by atoms with van der Waals surface area (Å²) in [6.45, 7) is 3.35. The second kappa shape index (κ2) is 16.7. The van der Waals surface area contributed by atoms with Crippen LogP contribution in [-0.4, -0.2) is 30.8 Å². The molecule has 0 aliphatic heterocycles. The van der Waals surface area contributed by atoms with E-state index in [1.807, 2.05) is 0 Å². The maximum absolute atomic E-state index is 12.3. The van der Waals surface area contributed by atoms with Crippen LogP contribution in [0.4, 0.5) is 13.2 Å². The molecule has 28 heavy (non-hydrogen) atoms. The minimum absolute atomic E-state index is 0.00747. The van der Waals surface area contributed by atoms with Crippen molar-refractivity contribution >= 4 is 11.9 Å². The fraction of sp³-hybridized carbons (Fsp3) is 0.905. The second-order valence-electron chi connectivity index (χ2n) is 7.28. The zero-order valence-electron chi connectivity index (χ0n) is 17.5. The Morgan fingerprint density at radius 1 is 0.750 bits per heavy atom. The number of hydrogen-bond donors (Lipinski definition) is 0. The Morgan fingerprint density at radius 2 is 1.21 bits per heavy atom. The summed E-state index contributed by atoms with van der Waals surface area (Å²) in [5.74, 6) is -1.38. The van der Waals surface area contributed by atoms with Gasteiger partial charge in [-0.2, -0.15) is 13.2 Å². The number of ether oxygens (including phenoxy) is 2. The van der Waals surface area contributed by atoms with Gasteiger partial charge in [-0.3, -0.25) is 9.59 Å². The summed E-state index contributed by atoms with van der Waals surface area (Å²) in [5, 5.41) is 0. The van der Waals surface area contributed by atoms with Gasteiger partial charge in [0.1, 0.15) is 0 Å². The van der Waals surface area contributed by atoms with E-state index in [1.165, 1.54) is 51.4 Å². The lowest BCUT2D eigenvalue weighted by Gasteiger charge is -2.16. The van der Waals surface area contributed by atoms with Crippen molar-refractivity contribution in [3.8, 4) is 0 Å². The molecule has 0 aliphatic carbocycles. The van der Waals surface area contributed by atoms with Gasteiger partial charge in [-0.1, -0.05) is 71.1 Å². The van der Waals surface area contributed by atoms with E-state index in [0.29, 0.717) is 6.61 Å². The highest BCUT2D eigenvalue weighted by atomic mass is 19.4. The minimum atomic E-state index is -4.57. The van der Waals surface area contributed by atoms with Gasteiger partial charge in [0.15, 0.2) is 6.10 Å². The Hall–Kier alpha value is -1.27. The zero-order chi connectivity index (χ0) is 21.3. The number of unbranched alkanes of at least 4 members (excludes halogenated alkanes) is 10. The predicted molar refractivity (Wildman–Crippen MR) is 103 cm³/mol. The summed E-state index contributed by atoms with van der Waals surface area (Å²) < 4.78 is 46.1. The van der Waals surface area contributed by atoms with Crippen molar-refractivity contribution in [1.29, 1.82) is 0 Å². The van der Waals surface area contributed by atoms with E-state index in [-0.39, 0.29) is 19.3 Å². The topological polar surface area (TPSA) is 52.6 Å². The molecule has 1 unspecified atom stereocenters. The van der Waals surface area contributed by atoms with Crippen molar-refractivity contribution in [2.24, 2.45) is 0 Å². The smallest absolute Gasteiger partial charge is 0.425 e. The van der Waals surface area contributed by atoms with E-state index < -0.39 is 24.2 Å². The molecule has 0 amide bonds. The number of carbonyl (C=O) groups is 2. The van der Waals surface area contributed by atoms with Crippen LogP contribution in [0.3, 0.4) is 0 Å². The van der Waals surface area contributed by atoms with Crippen LogP contribution in [0.5, 0.6) is 0 Å². The number of carbonyl (C=O) groups excluding carboxylic acids is 2. The molecular formula is C21H37F3O4. The fourth-order valence-electron chi connectivity index (χ4n) is 2.72. The van der Waals surface area contributed by atoms with Gasteiger partial charge in [0.25, 0.3) is 0 Å². The summed E-state index contributed by atoms with van der Waals surface area (Å²) in [4.78, 5) is 22.8. The normalized spacial score (nSPS) is 12.6. The van der Waals surface area contributed by atoms with Crippen LogP contribution in [0, 0.1) is 0 Å². The molecule has 0 saturated carbocycles. The molecule has 0 N–H and O–H groups in total. The molecule has 0 saturated heterocycles. The largest absolute Gasteiger partial charge is 0.466 e. The first kappa shape index (κ1) is 26.7. The van der Waals surface area contributed by atoms with E-state index in [9.17, 15) is 22.8 Å². The van der Waals surface area contributed by atoms with E-state index in [0.717, 1.165) is 26.2 Å². The molecule has 4 nitrogen and oxygen atoms in total. The third-order valence-corrected chi connectivity index (χ3v) is 4.54. The molecule has 7 heteroatoms. The summed E-state index contributed by atoms with van der Waals surface area (Å²) in [6, 6.07) is 0. The highest BCUT2D eigenvalue weighted by molar-refractivity contribution is 5.72. The van der Waals surface area contributed by atoms with Crippen LogP contribution in [0.2, 0.25) is 0 Å². The Labute approximate surface area is 167 Å². The molecular weight excluding hydrogens is 373 g/mol. The van der Waals surface area contributed by atoms with E-state index in [1.54, 1.807) is 0 Å². The molecule has 0 fully saturated rings. The van der Waals surface area contributed by atoms with Crippen LogP contribution in [-0.2, 0) is 19.1 Å². The molecule has 0 rings (SSSR count). The van der Waals surface area contributed by atoms with Crippen molar-refractivity contribution in [2.75, 3.05) is 6.61 Å². The third-order valence-electron chi connectivity index (χ3n) is 4.54. The Kier molecular flexibility index (Phi) is 15.9. The van der Waals surface area contributed by atoms with Gasteiger partial charge >= 0.3 is 18.1 Å². The van der Waals surface area contributed by atoms with E-state index in [2.05, 4.69) is 11.7 Å². The van der Waals surface area contributed by atoms with Crippen molar-refractivity contribution < 1.29 is 32.2 Å². The van der Waals surface area contributed by atoms with Gasteiger partial charge in [0.05, 0.1) is 6.61 Å². The standard InChI is InChI=1S/C21H37F3O4/c1-3-4-5-6-7-8-9-10-11-12-13-17-27-19(25)15-14-16-20(26)28-18(2)21(22,23)24/h18H,3-17H2,1-2H3. The molecule has 0 spiro atoms. The monoisotopic (exact) mass is 410 g/mol. The number of rotatable bonds is 17. The molecule has 0 heterocycles. The number of hydrogen-bond acceptors (Lipinski definition) is 4. The quantitative estimate of drug-likeness (QED) is 0.203. The molecule has 0 bridgehead atoms. The van der Waals surface area contributed by atoms with Crippen LogP contribution >= 0.6 is 0 Å². The molecule has 0 aromatic heterocycles. The first-order chi connectivity index (χ1) is 13.3. The highest BCUT2D eigenvalue weighted by Gasteiger charge is 2.38. The maximum Gasteiger partial charge on any atom is 0.425 e. The lowest BCUT2D eigenvalue weighted by Crippen LogP contribution is -2.30. The van der Waals surface area contributed by atoms with E-state index >= 15 is 0 Å². The first-order valence-corrected chi connectivity index (χ1v) is 10.7. The summed E-state index contributed by atoms with van der Waals surface area (Å²) in [5.41, 5.74) is 0. The van der Waals surface area contributed by atoms with Gasteiger partial charge in [0.2, 0.25) is 0 Å². The summed E-state index contributed by atoms with van der Waals surface area (Å²) >= 11 is 0. The lowest BCUT2D eigenvalue weighted by molar-refractivity contribution is -0.216. The van der Waals surface area contributed by atoms with Crippen LogP contribution in [0.25, 0.3) is 0 Å². The van der Waals surface area contributed by atoms with Crippen LogP contribution in [0.1, 0.15) is 104 Å². The van der Waals surface area contributed by atoms with Gasteiger partial charge < -0.3 is 9.47 Å². The minimum Gasteiger partial charge on any atom is -0.466 e. The van der Waals surface area contributed by atoms with Crippen LogP contribution < -0.4 is 0 Å². The summed E-state index contributed by atoms with van der Waals surface area (Å²) in [7, 11) is 0. The van der Waals surface area contributed by atoms with E-state index in [4.69, 9.17) is 4.74 Å². The first-order valence-electron chi connectivity index (χ1n) is 10.7. The lowest BCUT2D eigenvalue weighted by atomic mass is 10.1. The molecule has 0 aromatic carbocycles. The number of alkyl halides is 3. The van der Waals surface area contributed by atoms with Crippen LogP contribution in [0.15, 0.2) is 0 Å². The predicted octanol–water partition coefficient (Wildman–Crippen LogP) is 6.50. The van der Waals surface area contributed by atoms with Crippen molar-refractivity contribution in [1.82, 2.24) is 0 Å². The molecule has 1 atom stereocenters. The number of halogens is 3. The van der Waals surface area contributed by atoms with Gasteiger partial charge in [-0.05, 0) is 19.8 Å². The SMILES string of the molecule is CCCCCCCCCCCCCOC(=O)CCCC(=O)OC(C)C(F)(F)F. The Balaban J connectivity index is 3.43. The zero-order valence-corrected chi connectivity index (χ0v) is 17.5. The van der Waals surface area contributed by atoms with Gasteiger partial charge in [-0.15, -0.1) is 0 Å². The number of esters is 2. The van der Waals surface area contributed by atoms with Gasteiger partial charge in [0, 0.05) is 12.8 Å². The molecule has 0 aromatic rings. The molecule has 166 valence electrons. The van der Waals surface area contributed by atoms with Crippen molar-refractivity contribution in [2.45, 2.75) is 116 Å². The Bertz CT molecular complexity index is 411. The molecule has 0 aliphatic rings. The Morgan fingerprint density at radius 3 is 1.71 bits per heavy atom. The maximum atomic E-state index is 12.3. The van der Waals surface area contributed by atoms with Crippen molar-refractivity contribution in [3.63, 3.8) is 0 Å². The average molecular weight is 411 g/mol. The average Bonchev–Trinajstić information content (AvgIpc) is 2.61.